The molecule has 0 radical (unpaired) electrons. The largest absolute Gasteiger partial charge is 0.351 e. The third-order valence-corrected chi connectivity index (χ3v) is 5.86. The van der Waals surface area contributed by atoms with Crippen LogP contribution in [0.25, 0.3) is 0 Å². The van der Waals surface area contributed by atoms with Crippen molar-refractivity contribution in [2.24, 2.45) is 5.73 Å². The fraction of sp³-hybridized carbons (Fsp3) is 0.588. The monoisotopic (exact) mass is 306 g/mol. The van der Waals surface area contributed by atoms with E-state index in [2.05, 4.69) is 11.6 Å². The lowest BCUT2D eigenvalue weighted by Crippen LogP contribution is -2.42. The molecule has 0 spiro atoms. The molecule has 0 aromatic heterocycles. The molecule has 1 fully saturated rings. The van der Waals surface area contributed by atoms with Crippen molar-refractivity contribution in [2.45, 2.75) is 43.3 Å². The number of amides is 1. The maximum Gasteiger partial charge on any atom is 0.251 e. The van der Waals surface area contributed by atoms with E-state index in [9.17, 15) is 4.79 Å². The molecule has 1 aromatic carbocycles. The van der Waals surface area contributed by atoms with Crippen LogP contribution in [-0.2, 0) is 6.42 Å². The number of thioether (sulfide) groups is 1. The van der Waals surface area contributed by atoms with Crippen LogP contribution >= 0.6 is 11.8 Å². The predicted octanol–water partition coefficient (Wildman–Crippen LogP) is 2.98. The Labute approximate surface area is 132 Å². The van der Waals surface area contributed by atoms with Crippen molar-refractivity contribution in [3.05, 3.63) is 35.4 Å². The quantitative estimate of drug-likeness (QED) is 0.849. The summed E-state index contributed by atoms with van der Waals surface area (Å²) in [6.45, 7) is 1.34. The van der Waals surface area contributed by atoms with E-state index in [0.29, 0.717) is 6.54 Å². The van der Waals surface area contributed by atoms with Gasteiger partial charge in [-0.05, 0) is 43.7 Å². The van der Waals surface area contributed by atoms with Crippen LogP contribution in [0, 0.1) is 0 Å². The van der Waals surface area contributed by atoms with Gasteiger partial charge in [-0.15, -0.1) is 0 Å². The zero-order valence-corrected chi connectivity index (χ0v) is 13.7. The molecule has 3 N–H and O–H groups in total. The van der Waals surface area contributed by atoms with E-state index in [4.69, 9.17) is 5.73 Å². The van der Waals surface area contributed by atoms with Gasteiger partial charge in [0.2, 0.25) is 0 Å². The van der Waals surface area contributed by atoms with Crippen LogP contribution in [0.2, 0.25) is 0 Å². The highest BCUT2D eigenvalue weighted by Gasteiger charge is 2.31. The van der Waals surface area contributed by atoms with Crippen LogP contribution in [0.3, 0.4) is 0 Å². The van der Waals surface area contributed by atoms with Crippen molar-refractivity contribution in [3.63, 3.8) is 0 Å². The molecule has 0 unspecified atom stereocenters. The molecule has 0 bridgehead atoms. The molecule has 0 atom stereocenters. The highest BCUT2D eigenvalue weighted by molar-refractivity contribution is 8.00. The van der Waals surface area contributed by atoms with Gasteiger partial charge >= 0.3 is 0 Å². The van der Waals surface area contributed by atoms with Crippen molar-refractivity contribution in [1.82, 2.24) is 5.32 Å². The number of rotatable bonds is 6. The van der Waals surface area contributed by atoms with E-state index in [1.165, 1.54) is 32.1 Å². The topological polar surface area (TPSA) is 55.1 Å². The second-order valence-electron chi connectivity index (χ2n) is 5.83. The molecule has 1 aliphatic carbocycles. The lowest BCUT2D eigenvalue weighted by Gasteiger charge is -2.35. The van der Waals surface area contributed by atoms with Crippen LogP contribution < -0.4 is 11.1 Å². The van der Waals surface area contributed by atoms with E-state index < -0.39 is 0 Å². The molecule has 4 heteroatoms. The summed E-state index contributed by atoms with van der Waals surface area (Å²) in [4.78, 5) is 12.5. The molecule has 0 heterocycles. The minimum atomic E-state index is 0.0399. The smallest absolute Gasteiger partial charge is 0.251 e. The van der Waals surface area contributed by atoms with E-state index in [1.54, 1.807) is 0 Å². The summed E-state index contributed by atoms with van der Waals surface area (Å²) in [5.41, 5.74) is 7.44. The summed E-state index contributed by atoms with van der Waals surface area (Å²) in [6, 6.07) is 7.77. The number of carbonyl (C=O) groups is 1. The Morgan fingerprint density at radius 2 is 2.00 bits per heavy atom. The molecule has 116 valence electrons. The third-order valence-electron chi connectivity index (χ3n) is 4.44. The number of nitrogens with one attached hydrogen (secondary N) is 1. The maximum atomic E-state index is 12.5. The Bertz CT molecular complexity index is 470. The fourth-order valence-corrected chi connectivity index (χ4v) is 4.01. The van der Waals surface area contributed by atoms with Gasteiger partial charge in [-0.25, -0.2) is 0 Å². The van der Waals surface area contributed by atoms with Gasteiger partial charge in [0.1, 0.15) is 0 Å². The summed E-state index contributed by atoms with van der Waals surface area (Å²) < 4.78 is 0.233. The van der Waals surface area contributed by atoms with Gasteiger partial charge in [-0.1, -0.05) is 37.5 Å². The van der Waals surface area contributed by atoms with Crippen molar-refractivity contribution >= 4 is 17.7 Å². The second-order valence-corrected chi connectivity index (χ2v) is 7.10. The van der Waals surface area contributed by atoms with Gasteiger partial charge in [0, 0.05) is 16.9 Å². The first-order valence-corrected chi connectivity index (χ1v) is 9.04. The number of nitrogens with two attached hydrogens (primary N) is 1. The number of hydrogen-bond acceptors (Lipinski definition) is 3. The highest BCUT2D eigenvalue weighted by Crippen LogP contribution is 2.38. The molecule has 1 saturated carbocycles. The number of hydrogen-bond donors (Lipinski definition) is 2. The molecule has 2 rings (SSSR count). The van der Waals surface area contributed by atoms with Crippen LogP contribution in [0.15, 0.2) is 24.3 Å². The Kier molecular flexibility index (Phi) is 6.12. The lowest BCUT2D eigenvalue weighted by atomic mass is 9.88. The Morgan fingerprint density at radius 1 is 1.29 bits per heavy atom. The molecule has 0 saturated heterocycles. The van der Waals surface area contributed by atoms with E-state index in [0.717, 1.165) is 24.1 Å². The maximum absolute atomic E-state index is 12.5. The number of carbonyl (C=O) groups excluding carboxylic acids is 1. The van der Waals surface area contributed by atoms with E-state index in [-0.39, 0.29) is 10.7 Å². The first-order valence-electron chi connectivity index (χ1n) is 7.82. The minimum Gasteiger partial charge on any atom is -0.351 e. The van der Waals surface area contributed by atoms with Crippen LogP contribution in [0.4, 0.5) is 0 Å². The van der Waals surface area contributed by atoms with Gasteiger partial charge in [-0.2, -0.15) is 11.8 Å². The van der Waals surface area contributed by atoms with Crippen molar-refractivity contribution in [3.8, 4) is 0 Å². The van der Waals surface area contributed by atoms with Gasteiger partial charge in [0.25, 0.3) is 5.91 Å². The molecule has 21 heavy (non-hydrogen) atoms. The SMILES string of the molecule is CSC1(CNC(=O)c2ccccc2CCN)CCCCC1. The number of benzene rings is 1. The standard InChI is InChI=1S/C17H26N2OS/c1-21-17(10-5-2-6-11-17)13-19-16(20)15-8-4-3-7-14(15)9-12-18/h3-4,7-8H,2,5-6,9-13,18H2,1H3,(H,19,20). The molecular weight excluding hydrogens is 280 g/mol. The van der Waals surface area contributed by atoms with Gasteiger partial charge in [0.05, 0.1) is 0 Å². The highest BCUT2D eigenvalue weighted by atomic mass is 32.2. The molecule has 1 amide bonds. The third kappa shape index (κ3) is 4.24. The van der Waals surface area contributed by atoms with Gasteiger partial charge in [0.15, 0.2) is 0 Å². The molecule has 0 aliphatic heterocycles. The van der Waals surface area contributed by atoms with Gasteiger partial charge in [-0.3, -0.25) is 4.79 Å². The van der Waals surface area contributed by atoms with Crippen molar-refractivity contribution in [2.75, 3.05) is 19.3 Å². The van der Waals surface area contributed by atoms with Crippen molar-refractivity contribution in [1.29, 1.82) is 0 Å². The van der Waals surface area contributed by atoms with Crippen LogP contribution in [0.1, 0.15) is 48.0 Å². The average molecular weight is 306 g/mol. The molecular formula is C17H26N2OS. The molecule has 1 aliphatic rings. The zero-order chi connectivity index (χ0) is 15.1. The van der Waals surface area contributed by atoms with E-state index >= 15 is 0 Å². The summed E-state index contributed by atoms with van der Waals surface area (Å²) >= 11 is 1.91. The Balaban J connectivity index is 2.01. The molecule has 1 aromatic rings. The summed E-state index contributed by atoms with van der Waals surface area (Å²) in [7, 11) is 0. The summed E-state index contributed by atoms with van der Waals surface area (Å²) in [6.07, 6.45) is 9.21. The van der Waals surface area contributed by atoms with Crippen LogP contribution in [0.5, 0.6) is 0 Å². The first-order chi connectivity index (χ1) is 10.2. The average Bonchev–Trinajstić information content (AvgIpc) is 2.54. The fourth-order valence-electron chi connectivity index (χ4n) is 3.10. The zero-order valence-electron chi connectivity index (χ0n) is 12.9. The lowest BCUT2D eigenvalue weighted by molar-refractivity contribution is 0.0946. The van der Waals surface area contributed by atoms with Gasteiger partial charge < -0.3 is 11.1 Å². The molecule has 3 nitrogen and oxygen atoms in total. The summed E-state index contributed by atoms with van der Waals surface area (Å²) in [5, 5.41) is 3.16. The summed E-state index contributed by atoms with van der Waals surface area (Å²) in [5.74, 6) is 0.0399. The van der Waals surface area contributed by atoms with E-state index in [1.807, 2.05) is 36.0 Å². The van der Waals surface area contributed by atoms with Crippen LogP contribution in [-0.4, -0.2) is 30.0 Å². The Hall–Kier alpha value is -1.00. The predicted molar refractivity (Wildman–Crippen MR) is 90.9 cm³/mol. The van der Waals surface area contributed by atoms with Crippen molar-refractivity contribution < 1.29 is 4.79 Å². The minimum absolute atomic E-state index is 0.0399. The first kappa shape index (κ1) is 16.4. The Morgan fingerprint density at radius 3 is 2.67 bits per heavy atom. The normalized spacial score (nSPS) is 17.4. The second kappa shape index (κ2) is 7.85.